The van der Waals surface area contributed by atoms with Crippen molar-refractivity contribution >= 4 is 11.7 Å². The van der Waals surface area contributed by atoms with Gasteiger partial charge in [-0.25, -0.2) is 4.79 Å². The predicted molar refractivity (Wildman–Crippen MR) is 105 cm³/mol. The maximum atomic E-state index is 11.0. The van der Waals surface area contributed by atoms with Gasteiger partial charge in [-0.2, -0.15) is 5.26 Å². The summed E-state index contributed by atoms with van der Waals surface area (Å²) in [6, 6.07) is 16.6. The number of hydrogen-bond donors (Lipinski definition) is 2. The van der Waals surface area contributed by atoms with Crippen LogP contribution in [0, 0.1) is 11.3 Å². The van der Waals surface area contributed by atoms with Gasteiger partial charge in [0.15, 0.2) is 0 Å². The minimum Gasteiger partial charge on any atom is -0.494 e. The van der Waals surface area contributed by atoms with E-state index < -0.39 is 5.97 Å². The molecule has 1 heterocycles. The summed E-state index contributed by atoms with van der Waals surface area (Å²) < 4.78 is 5.74. The third-order valence-corrected chi connectivity index (χ3v) is 4.71. The minimum absolute atomic E-state index is 0.0786. The van der Waals surface area contributed by atoms with Crippen molar-refractivity contribution < 1.29 is 19.7 Å². The number of carbonyl (C=O) groups is 1. The minimum atomic E-state index is -0.963. The van der Waals surface area contributed by atoms with Crippen LogP contribution in [0.1, 0.15) is 34.7 Å². The summed E-state index contributed by atoms with van der Waals surface area (Å²) >= 11 is 0. The molecule has 2 aromatic rings. The predicted octanol–water partition coefficient (Wildman–Crippen LogP) is 3.55. The van der Waals surface area contributed by atoms with Gasteiger partial charge in [0.05, 0.1) is 23.8 Å². The zero-order valence-corrected chi connectivity index (χ0v) is 15.4. The Balaban J connectivity index is 1.74. The first-order chi connectivity index (χ1) is 13.6. The topological polar surface area (TPSA) is 93.8 Å². The number of nitrogens with zero attached hydrogens (tertiary/aromatic N) is 2. The molecule has 0 bridgehead atoms. The molecule has 2 N–H and O–H groups in total. The fourth-order valence-corrected chi connectivity index (χ4v) is 3.20. The first-order valence-corrected chi connectivity index (χ1v) is 9.18. The number of aromatic carboxylic acids is 1. The smallest absolute Gasteiger partial charge is 0.335 e. The molecule has 0 aromatic heterocycles. The van der Waals surface area contributed by atoms with E-state index in [0.717, 1.165) is 23.4 Å². The highest BCUT2D eigenvalue weighted by molar-refractivity contribution is 5.88. The van der Waals surface area contributed by atoms with Crippen LogP contribution in [0.3, 0.4) is 0 Å². The summed E-state index contributed by atoms with van der Waals surface area (Å²) in [6.45, 7) is 1.30. The molecular formula is C22H22N2O4. The van der Waals surface area contributed by atoms with E-state index in [4.69, 9.17) is 14.9 Å². The number of anilines is 1. The van der Waals surface area contributed by atoms with E-state index in [1.807, 2.05) is 35.4 Å². The Hall–Kier alpha value is -3.30. The zero-order chi connectivity index (χ0) is 19.9. The molecule has 6 heteroatoms. The highest BCUT2D eigenvalue weighted by Gasteiger charge is 2.27. The van der Waals surface area contributed by atoms with Crippen molar-refractivity contribution in [2.24, 2.45) is 0 Å². The Labute approximate surface area is 163 Å². The summed E-state index contributed by atoms with van der Waals surface area (Å²) in [6.07, 6.45) is 3.31. The SMILES string of the molecule is N#CC1=CN(c2ccc(C(=O)O)cc2)CC1c1cccc(OCCCCO)c1. The van der Waals surface area contributed by atoms with Crippen molar-refractivity contribution in [3.05, 3.63) is 71.4 Å². The molecule has 0 saturated heterocycles. The van der Waals surface area contributed by atoms with E-state index >= 15 is 0 Å². The maximum Gasteiger partial charge on any atom is 0.335 e. The lowest BCUT2D eigenvalue weighted by atomic mass is 9.94. The number of carboxylic acid groups (broad SMARTS) is 1. The van der Waals surface area contributed by atoms with Gasteiger partial charge in [-0.1, -0.05) is 12.1 Å². The van der Waals surface area contributed by atoms with Gasteiger partial charge in [0.1, 0.15) is 5.75 Å². The third-order valence-electron chi connectivity index (χ3n) is 4.71. The standard InChI is InChI=1S/C22H22N2O4/c23-13-18-14-24(19-8-6-16(7-9-19)22(26)27)15-21(18)17-4-3-5-20(12-17)28-11-2-1-10-25/h3-9,12,14,21,25H,1-2,10-11,15H2,(H,26,27). The molecule has 0 aliphatic carbocycles. The lowest BCUT2D eigenvalue weighted by molar-refractivity contribution is 0.0697. The maximum absolute atomic E-state index is 11.0. The summed E-state index contributed by atoms with van der Waals surface area (Å²) in [5, 5.41) is 27.5. The van der Waals surface area contributed by atoms with Crippen molar-refractivity contribution in [1.29, 1.82) is 5.26 Å². The van der Waals surface area contributed by atoms with E-state index in [2.05, 4.69) is 6.07 Å². The average molecular weight is 378 g/mol. The molecule has 3 rings (SSSR count). The van der Waals surface area contributed by atoms with Crippen LogP contribution in [-0.4, -0.2) is 35.9 Å². The summed E-state index contributed by atoms with van der Waals surface area (Å²) in [7, 11) is 0. The third kappa shape index (κ3) is 4.51. The molecule has 1 atom stereocenters. The number of benzene rings is 2. The molecule has 0 spiro atoms. The molecule has 6 nitrogen and oxygen atoms in total. The number of ether oxygens (including phenoxy) is 1. The van der Waals surface area contributed by atoms with E-state index in [1.54, 1.807) is 24.3 Å². The Morgan fingerprint density at radius 1 is 1.21 bits per heavy atom. The quantitative estimate of drug-likeness (QED) is 0.683. The molecule has 1 aliphatic heterocycles. The Morgan fingerprint density at radius 3 is 2.68 bits per heavy atom. The van der Waals surface area contributed by atoms with Crippen LogP contribution >= 0.6 is 0 Å². The monoisotopic (exact) mass is 378 g/mol. The molecule has 0 fully saturated rings. The molecule has 2 aromatic carbocycles. The summed E-state index contributed by atoms with van der Waals surface area (Å²) in [4.78, 5) is 13.0. The van der Waals surface area contributed by atoms with Gasteiger partial charge in [-0.05, 0) is 54.8 Å². The van der Waals surface area contributed by atoms with Crippen molar-refractivity contribution in [3.63, 3.8) is 0 Å². The van der Waals surface area contributed by atoms with Crippen LogP contribution in [0.2, 0.25) is 0 Å². The molecule has 0 saturated carbocycles. The van der Waals surface area contributed by atoms with Crippen molar-refractivity contribution in [1.82, 2.24) is 0 Å². The van der Waals surface area contributed by atoms with E-state index in [0.29, 0.717) is 25.1 Å². The number of rotatable bonds is 8. The number of nitriles is 1. The molecule has 0 radical (unpaired) electrons. The van der Waals surface area contributed by atoms with Crippen LogP contribution in [0.5, 0.6) is 5.75 Å². The Morgan fingerprint density at radius 2 is 2.00 bits per heavy atom. The second-order valence-corrected chi connectivity index (χ2v) is 6.60. The van der Waals surface area contributed by atoms with Gasteiger partial charge in [0, 0.05) is 31.0 Å². The van der Waals surface area contributed by atoms with E-state index in [9.17, 15) is 10.1 Å². The lowest BCUT2D eigenvalue weighted by Crippen LogP contribution is -2.16. The molecular weight excluding hydrogens is 356 g/mol. The second kappa shape index (κ2) is 9.07. The fraction of sp³-hybridized carbons (Fsp3) is 0.273. The van der Waals surface area contributed by atoms with Crippen molar-refractivity contribution in [3.8, 4) is 11.8 Å². The number of carboxylic acids is 1. The van der Waals surface area contributed by atoms with Crippen LogP contribution in [0.4, 0.5) is 5.69 Å². The van der Waals surface area contributed by atoms with Crippen LogP contribution in [0.15, 0.2) is 60.3 Å². The van der Waals surface area contributed by atoms with Gasteiger partial charge in [-0.3, -0.25) is 0 Å². The van der Waals surface area contributed by atoms with E-state index in [1.165, 1.54) is 0 Å². The highest BCUT2D eigenvalue weighted by Crippen LogP contribution is 2.35. The van der Waals surface area contributed by atoms with Crippen LogP contribution < -0.4 is 9.64 Å². The largest absolute Gasteiger partial charge is 0.494 e. The molecule has 144 valence electrons. The molecule has 1 aliphatic rings. The van der Waals surface area contributed by atoms with Gasteiger partial charge in [-0.15, -0.1) is 0 Å². The highest BCUT2D eigenvalue weighted by atomic mass is 16.5. The van der Waals surface area contributed by atoms with Gasteiger partial charge in [0.2, 0.25) is 0 Å². The van der Waals surface area contributed by atoms with E-state index in [-0.39, 0.29) is 18.1 Å². The van der Waals surface area contributed by atoms with Gasteiger partial charge in [0.25, 0.3) is 0 Å². The Bertz CT molecular complexity index is 899. The number of hydrogen-bond acceptors (Lipinski definition) is 5. The van der Waals surface area contributed by atoms with Crippen LogP contribution in [0.25, 0.3) is 0 Å². The number of unbranched alkanes of at least 4 members (excludes halogenated alkanes) is 1. The number of aliphatic hydroxyl groups excluding tert-OH is 1. The van der Waals surface area contributed by atoms with Crippen molar-refractivity contribution in [2.45, 2.75) is 18.8 Å². The summed E-state index contributed by atoms with van der Waals surface area (Å²) in [5.41, 5.74) is 2.73. The van der Waals surface area contributed by atoms with Gasteiger partial charge < -0.3 is 19.8 Å². The summed E-state index contributed by atoms with van der Waals surface area (Å²) in [5.74, 6) is -0.294. The molecule has 0 amide bonds. The molecule has 1 unspecified atom stereocenters. The first-order valence-electron chi connectivity index (χ1n) is 9.18. The lowest BCUT2D eigenvalue weighted by Gasteiger charge is -2.19. The Kier molecular flexibility index (Phi) is 6.30. The second-order valence-electron chi connectivity index (χ2n) is 6.60. The average Bonchev–Trinajstić information content (AvgIpc) is 3.16. The normalized spacial score (nSPS) is 15.8. The van der Waals surface area contributed by atoms with Crippen LogP contribution in [-0.2, 0) is 0 Å². The van der Waals surface area contributed by atoms with Crippen molar-refractivity contribution in [2.75, 3.05) is 24.7 Å². The zero-order valence-electron chi connectivity index (χ0n) is 15.4. The molecule has 28 heavy (non-hydrogen) atoms. The fourth-order valence-electron chi connectivity index (χ4n) is 3.20. The van der Waals surface area contributed by atoms with Gasteiger partial charge >= 0.3 is 5.97 Å². The first kappa shape index (κ1) is 19.5. The number of aliphatic hydroxyl groups is 1.